The lowest BCUT2D eigenvalue weighted by atomic mass is 9.88. The molecule has 4 nitrogen and oxygen atoms in total. The number of nitrogens with one attached hydrogen (secondary N) is 1. The molecule has 1 amide bonds. The van der Waals surface area contributed by atoms with Gasteiger partial charge in [-0.15, -0.1) is 11.3 Å². The van der Waals surface area contributed by atoms with E-state index in [2.05, 4.69) is 17.2 Å². The van der Waals surface area contributed by atoms with Crippen LogP contribution in [0.4, 0.5) is 0 Å². The molecule has 106 valence electrons. The zero-order valence-electron chi connectivity index (χ0n) is 11.8. The minimum absolute atomic E-state index is 0.0278. The lowest BCUT2D eigenvalue weighted by Gasteiger charge is -2.18. The fourth-order valence-corrected chi connectivity index (χ4v) is 3.93. The Kier molecular flexibility index (Phi) is 3.61. The fraction of sp³-hybridized carbons (Fsp3) is 0.467. The van der Waals surface area contributed by atoms with Gasteiger partial charge < -0.3 is 9.88 Å². The van der Waals surface area contributed by atoms with Crippen molar-refractivity contribution in [1.82, 2.24) is 14.9 Å². The van der Waals surface area contributed by atoms with Gasteiger partial charge in [0.25, 0.3) is 5.91 Å². The van der Waals surface area contributed by atoms with Crippen LogP contribution >= 0.6 is 11.3 Å². The van der Waals surface area contributed by atoms with E-state index < -0.39 is 0 Å². The number of nitrogens with zero attached hydrogens (tertiary/aromatic N) is 2. The fourth-order valence-electron chi connectivity index (χ4n) is 2.69. The Morgan fingerprint density at radius 2 is 2.45 bits per heavy atom. The highest BCUT2D eigenvalue weighted by Crippen LogP contribution is 2.32. The summed E-state index contributed by atoms with van der Waals surface area (Å²) in [6.45, 7) is 2.76. The van der Waals surface area contributed by atoms with Crippen LogP contribution < -0.4 is 5.32 Å². The van der Waals surface area contributed by atoms with Crippen LogP contribution in [0.3, 0.4) is 0 Å². The number of carbonyl (C=O) groups excluding carboxylic acids is 1. The van der Waals surface area contributed by atoms with Crippen LogP contribution in [0.2, 0.25) is 0 Å². The Balaban J connectivity index is 1.70. The number of fused-ring (bicyclic) bond motifs is 1. The molecule has 2 aromatic heterocycles. The van der Waals surface area contributed by atoms with Gasteiger partial charge in [-0.1, -0.05) is 6.92 Å². The molecule has 3 rings (SSSR count). The minimum Gasteiger partial charge on any atom is -0.345 e. The highest BCUT2D eigenvalue weighted by Gasteiger charge is 2.23. The molecule has 0 bridgehead atoms. The van der Waals surface area contributed by atoms with E-state index in [1.165, 1.54) is 16.9 Å². The van der Waals surface area contributed by atoms with Crippen LogP contribution in [0.25, 0.3) is 0 Å². The largest absolute Gasteiger partial charge is 0.345 e. The Morgan fingerprint density at radius 3 is 3.20 bits per heavy atom. The molecule has 0 aromatic carbocycles. The maximum Gasteiger partial charge on any atom is 0.252 e. The molecule has 0 aliphatic heterocycles. The van der Waals surface area contributed by atoms with E-state index in [-0.39, 0.29) is 5.91 Å². The molecule has 0 saturated heterocycles. The first-order valence-corrected chi connectivity index (χ1v) is 7.86. The quantitative estimate of drug-likeness (QED) is 0.944. The van der Waals surface area contributed by atoms with Crippen LogP contribution in [0.1, 0.15) is 40.0 Å². The zero-order chi connectivity index (χ0) is 14.1. The van der Waals surface area contributed by atoms with Crippen molar-refractivity contribution in [2.45, 2.75) is 32.7 Å². The van der Waals surface area contributed by atoms with Crippen LogP contribution in [-0.2, 0) is 26.4 Å². The molecule has 1 N–H and O–H groups in total. The number of thiophene rings is 1. The monoisotopic (exact) mass is 289 g/mol. The number of aryl methyl sites for hydroxylation is 1. The number of hydrogen-bond acceptors (Lipinski definition) is 3. The van der Waals surface area contributed by atoms with E-state index in [9.17, 15) is 4.79 Å². The van der Waals surface area contributed by atoms with Gasteiger partial charge in [-0.25, -0.2) is 4.98 Å². The minimum atomic E-state index is 0.0278. The average Bonchev–Trinajstić information content (AvgIpc) is 3.02. The number of amides is 1. The normalized spacial score (nSPS) is 17.8. The third kappa shape index (κ3) is 2.50. The van der Waals surface area contributed by atoms with Gasteiger partial charge in [0.05, 0.1) is 12.1 Å². The van der Waals surface area contributed by atoms with Crippen LogP contribution in [0, 0.1) is 5.92 Å². The van der Waals surface area contributed by atoms with Crippen LogP contribution in [0.5, 0.6) is 0 Å². The Hall–Kier alpha value is -1.62. The highest BCUT2D eigenvalue weighted by molar-refractivity contribution is 7.10. The van der Waals surface area contributed by atoms with Gasteiger partial charge in [-0.05, 0) is 30.7 Å². The molecule has 0 radical (unpaired) electrons. The summed E-state index contributed by atoms with van der Waals surface area (Å²) in [6, 6.07) is 0. The van der Waals surface area contributed by atoms with Gasteiger partial charge >= 0.3 is 0 Å². The highest BCUT2D eigenvalue weighted by atomic mass is 32.1. The second kappa shape index (κ2) is 5.40. The van der Waals surface area contributed by atoms with Crippen molar-refractivity contribution in [3.05, 3.63) is 39.6 Å². The molecule has 2 heterocycles. The molecular weight excluding hydrogens is 270 g/mol. The maximum atomic E-state index is 12.3. The number of aromatic nitrogens is 2. The molecular formula is C15H19N3OS. The molecule has 0 fully saturated rings. The smallest absolute Gasteiger partial charge is 0.252 e. The molecule has 1 aliphatic carbocycles. The molecule has 0 spiro atoms. The Morgan fingerprint density at radius 1 is 1.60 bits per heavy atom. The van der Waals surface area contributed by atoms with Crippen molar-refractivity contribution >= 4 is 17.2 Å². The molecule has 2 aromatic rings. The summed E-state index contributed by atoms with van der Waals surface area (Å²) in [7, 11) is 1.93. The first-order valence-electron chi connectivity index (χ1n) is 6.98. The lowest BCUT2D eigenvalue weighted by molar-refractivity contribution is 0.0949. The number of imidazole rings is 1. The van der Waals surface area contributed by atoms with E-state index in [1.807, 2.05) is 23.2 Å². The second-order valence-corrected chi connectivity index (χ2v) is 6.50. The predicted molar refractivity (Wildman–Crippen MR) is 79.9 cm³/mol. The van der Waals surface area contributed by atoms with Crippen LogP contribution in [0.15, 0.2) is 17.8 Å². The van der Waals surface area contributed by atoms with Crippen molar-refractivity contribution < 1.29 is 4.79 Å². The van der Waals surface area contributed by atoms with Crippen molar-refractivity contribution in [2.75, 3.05) is 0 Å². The standard InChI is InChI=1S/C15H19N3OS/c1-10-3-4-11-12(9-20-13(11)7-10)15(19)17-8-14-16-5-6-18(14)2/h5-6,9-10H,3-4,7-8H2,1-2H3,(H,17,19). The Labute approximate surface area is 122 Å². The summed E-state index contributed by atoms with van der Waals surface area (Å²) in [5.41, 5.74) is 2.14. The molecule has 1 aliphatic rings. The third-order valence-corrected chi connectivity index (χ3v) is 5.03. The topological polar surface area (TPSA) is 46.9 Å². The van der Waals surface area contributed by atoms with Gasteiger partial charge in [-0.3, -0.25) is 4.79 Å². The zero-order valence-corrected chi connectivity index (χ0v) is 12.7. The average molecular weight is 289 g/mol. The summed E-state index contributed by atoms with van der Waals surface area (Å²) in [6.07, 6.45) is 6.96. The number of rotatable bonds is 3. The predicted octanol–water partition coefficient (Wildman–Crippen LogP) is 2.54. The van der Waals surface area contributed by atoms with E-state index in [1.54, 1.807) is 17.5 Å². The summed E-state index contributed by atoms with van der Waals surface area (Å²) in [5.74, 6) is 1.64. The van der Waals surface area contributed by atoms with E-state index in [0.717, 1.165) is 30.1 Å². The summed E-state index contributed by atoms with van der Waals surface area (Å²) in [4.78, 5) is 17.9. The summed E-state index contributed by atoms with van der Waals surface area (Å²) < 4.78 is 1.92. The lowest BCUT2D eigenvalue weighted by Crippen LogP contribution is -2.25. The van der Waals surface area contributed by atoms with Gasteiger partial charge in [0.15, 0.2) is 0 Å². The van der Waals surface area contributed by atoms with Crippen LogP contribution in [-0.4, -0.2) is 15.5 Å². The molecule has 0 saturated carbocycles. The number of carbonyl (C=O) groups is 1. The maximum absolute atomic E-state index is 12.3. The van der Waals surface area contributed by atoms with Crippen molar-refractivity contribution in [1.29, 1.82) is 0 Å². The number of hydrogen-bond donors (Lipinski definition) is 1. The summed E-state index contributed by atoms with van der Waals surface area (Å²) >= 11 is 1.73. The van der Waals surface area contributed by atoms with Gasteiger partial charge in [-0.2, -0.15) is 0 Å². The van der Waals surface area contributed by atoms with Gasteiger partial charge in [0.2, 0.25) is 0 Å². The van der Waals surface area contributed by atoms with Crippen molar-refractivity contribution in [3.8, 4) is 0 Å². The van der Waals surface area contributed by atoms with Gasteiger partial charge in [0.1, 0.15) is 5.82 Å². The van der Waals surface area contributed by atoms with Crippen molar-refractivity contribution in [3.63, 3.8) is 0 Å². The SMILES string of the molecule is CC1CCc2c(C(=O)NCc3nccn3C)csc2C1. The molecule has 1 unspecified atom stereocenters. The first kappa shape index (κ1) is 13.4. The molecule has 5 heteroatoms. The van der Waals surface area contributed by atoms with Gasteiger partial charge in [0, 0.05) is 29.7 Å². The molecule has 1 atom stereocenters. The Bertz CT molecular complexity index is 629. The van der Waals surface area contributed by atoms with E-state index in [4.69, 9.17) is 0 Å². The van der Waals surface area contributed by atoms with E-state index >= 15 is 0 Å². The van der Waals surface area contributed by atoms with E-state index in [0.29, 0.717) is 6.54 Å². The second-order valence-electron chi connectivity index (χ2n) is 5.54. The third-order valence-electron chi connectivity index (χ3n) is 3.97. The van der Waals surface area contributed by atoms with Crippen molar-refractivity contribution in [2.24, 2.45) is 13.0 Å². The molecule has 20 heavy (non-hydrogen) atoms. The first-order chi connectivity index (χ1) is 9.65. The summed E-state index contributed by atoms with van der Waals surface area (Å²) in [5, 5.41) is 4.98.